The first-order chi connectivity index (χ1) is 21.0. The van der Waals surface area contributed by atoms with Crippen molar-refractivity contribution in [2.75, 3.05) is 5.32 Å². The van der Waals surface area contributed by atoms with Crippen molar-refractivity contribution in [3.8, 4) is 17.2 Å². The van der Waals surface area contributed by atoms with Gasteiger partial charge < -0.3 is 20.1 Å². The van der Waals surface area contributed by atoms with Crippen molar-refractivity contribution in [3.63, 3.8) is 0 Å². The molecule has 0 saturated heterocycles. The van der Waals surface area contributed by atoms with Gasteiger partial charge in [0, 0.05) is 28.7 Å². The van der Waals surface area contributed by atoms with Gasteiger partial charge in [-0.2, -0.15) is 0 Å². The molecule has 0 saturated carbocycles. The maximum Gasteiger partial charge on any atom is 0.284 e. The van der Waals surface area contributed by atoms with Gasteiger partial charge in [0.25, 0.3) is 17.0 Å². The lowest BCUT2D eigenvalue weighted by atomic mass is 10.1. The Hall–Kier alpha value is -5.55. The number of aromatic amines is 1. The number of hydrogen-bond acceptors (Lipinski definition) is 6. The van der Waals surface area contributed by atoms with E-state index in [0.717, 1.165) is 6.07 Å². The third kappa shape index (κ3) is 5.25. The molecule has 0 fully saturated rings. The van der Waals surface area contributed by atoms with E-state index in [1.165, 1.54) is 23.0 Å². The molecule has 222 valence electrons. The predicted molar refractivity (Wildman–Crippen MR) is 165 cm³/mol. The molecule has 10 nitrogen and oxygen atoms in total. The van der Waals surface area contributed by atoms with Gasteiger partial charge in [-0.25, -0.2) is 14.1 Å². The first-order valence-electron chi connectivity index (χ1n) is 13.8. The average Bonchev–Trinajstić information content (AvgIpc) is 3.22. The summed E-state index contributed by atoms with van der Waals surface area (Å²) in [5.74, 6) is -1.33. The normalized spacial score (nSPS) is 11.7. The molecule has 6 rings (SSSR count). The molecule has 0 aliphatic carbocycles. The molecule has 1 amide bonds. The minimum atomic E-state index is -1.18. The molecular formula is C33H28FN5O5. The highest BCUT2D eigenvalue weighted by Gasteiger charge is 2.27. The lowest BCUT2D eigenvalue weighted by Crippen LogP contribution is -2.32. The van der Waals surface area contributed by atoms with Crippen molar-refractivity contribution in [3.05, 3.63) is 123 Å². The molecule has 0 radical (unpaired) electrons. The van der Waals surface area contributed by atoms with Crippen LogP contribution in [0.2, 0.25) is 0 Å². The molecule has 0 aliphatic rings. The molecule has 6 aromatic rings. The topological polar surface area (TPSA) is 131 Å². The van der Waals surface area contributed by atoms with E-state index in [0.29, 0.717) is 33.2 Å². The molecular weight excluding hydrogens is 565 g/mol. The highest BCUT2D eigenvalue weighted by atomic mass is 19.1. The van der Waals surface area contributed by atoms with E-state index in [1.54, 1.807) is 86.1 Å². The number of pyridine rings is 2. The Morgan fingerprint density at radius 3 is 2.41 bits per heavy atom. The number of aliphatic hydroxyl groups is 1. The van der Waals surface area contributed by atoms with E-state index in [-0.39, 0.29) is 34.9 Å². The molecule has 0 bridgehead atoms. The van der Waals surface area contributed by atoms with Crippen LogP contribution in [0.5, 0.6) is 11.5 Å². The SMILES string of the molecule is Cc1c(C(=O)Nc2ccc(Oc3ccnc4[nH]c(=O)c5ccccc5c34)c(F)c2)c(=O)n(-c2ccccc2)n1CC(C)(C)O. The Morgan fingerprint density at radius 2 is 1.70 bits per heavy atom. The van der Waals surface area contributed by atoms with E-state index in [1.807, 2.05) is 0 Å². The number of ether oxygens (including phenoxy) is 1. The van der Waals surface area contributed by atoms with Crippen LogP contribution < -0.4 is 21.2 Å². The van der Waals surface area contributed by atoms with Gasteiger partial charge in [0.1, 0.15) is 17.0 Å². The largest absolute Gasteiger partial charge is 0.453 e. The minimum absolute atomic E-state index is 0.0454. The van der Waals surface area contributed by atoms with Crippen molar-refractivity contribution in [2.24, 2.45) is 0 Å². The molecule has 0 atom stereocenters. The molecule has 0 aliphatic heterocycles. The molecule has 44 heavy (non-hydrogen) atoms. The monoisotopic (exact) mass is 593 g/mol. The number of aromatic nitrogens is 4. The summed E-state index contributed by atoms with van der Waals surface area (Å²) in [5, 5.41) is 14.7. The summed E-state index contributed by atoms with van der Waals surface area (Å²) >= 11 is 0. The second-order valence-corrected chi connectivity index (χ2v) is 11.0. The van der Waals surface area contributed by atoms with Crippen LogP contribution in [-0.2, 0) is 6.54 Å². The molecule has 0 spiro atoms. The number of benzene rings is 3. The van der Waals surface area contributed by atoms with Gasteiger partial charge in [0.2, 0.25) is 0 Å². The summed E-state index contributed by atoms with van der Waals surface area (Å²) in [6.45, 7) is 4.88. The van der Waals surface area contributed by atoms with Crippen LogP contribution in [0.25, 0.3) is 27.5 Å². The Bertz CT molecular complexity index is 2180. The second-order valence-electron chi connectivity index (χ2n) is 11.0. The maximum absolute atomic E-state index is 15.4. The minimum Gasteiger partial charge on any atom is -0.453 e. The number of carbonyl (C=O) groups is 1. The van der Waals surface area contributed by atoms with E-state index in [4.69, 9.17) is 4.74 Å². The van der Waals surface area contributed by atoms with Crippen LogP contribution in [0.4, 0.5) is 10.1 Å². The van der Waals surface area contributed by atoms with Crippen LogP contribution in [0, 0.1) is 12.7 Å². The molecule has 0 unspecified atom stereocenters. The van der Waals surface area contributed by atoms with Crippen LogP contribution in [0.1, 0.15) is 29.9 Å². The number of halogens is 1. The van der Waals surface area contributed by atoms with E-state index >= 15 is 4.39 Å². The number of para-hydroxylation sites is 1. The Balaban J connectivity index is 1.32. The van der Waals surface area contributed by atoms with Crippen molar-refractivity contribution in [2.45, 2.75) is 32.9 Å². The number of anilines is 1. The number of H-pyrrole nitrogens is 1. The lowest BCUT2D eigenvalue weighted by Gasteiger charge is -2.22. The van der Waals surface area contributed by atoms with Crippen molar-refractivity contribution in [1.29, 1.82) is 0 Å². The van der Waals surface area contributed by atoms with Crippen molar-refractivity contribution < 1.29 is 19.0 Å². The standard InChI is InChI=1S/C33H28FN5O5/c1-19-27(32(42)39(21-9-5-4-6-10-21)38(19)18-33(2,3)43)31(41)36-20-13-14-25(24(34)17-20)44-26-15-16-35-29-28(26)22-11-7-8-12-23(22)30(40)37-29/h4-17,43H,18H2,1-3H3,(H,36,41)(H,35,37,40). The van der Waals surface area contributed by atoms with Gasteiger partial charge in [0.05, 0.1) is 28.9 Å². The third-order valence-electron chi connectivity index (χ3n) is 7.16. The fraction of sp³-hybridized carbons (Fsp3) is 0.152. The first-order valence-corrected chi connectivity index (χ1v) is 13.8. The average molecular weight is 594 g/mol. The van der Waals surface area contributed by atoms with Crippen molar-refractivity contribution in [1.82, 2.24) is 19.3 Å². The van der Waals surface area contributed by atoms with Gasteiger partial charge in [-0.05, 0) is 57.2 Å². The van der Waals surface area contributed by atoms with Gasteiger partial charge in [0.15, 0.2) is 11.6 Å². The van der Waals surface area contributed by atoms with Gasteiger partial charge >= 0.3 is 0 Å². The smallest absolute Gasteiger partial charge is 0.284 e. The van der Waals surface area contributed by atoms with E-state index < -0.39 is 22.9 Å². The molecule has 3 aromatic heterocycles. The molecule has 3 heterocycles. The number of amides is 1. The summed E-state index contributed by atoms with van der Waals surface area (Å²) in [5.41, 5.74) is -0.927. The molecule has 3 aromatic carbocycles. The Morgan fingerprint density at radius 1 is 1.00 bits per heavy atom. The van der Waals surface area contributed by atoms with Gasteiger partial charge in [-0.1, -0.05) is 36.4 Å². The highest BCUT2D eigenvalue weighted by Crippen LogP contribution is 2.34. The number of rotatable bonds is 7. The maximum atomic E-state index is 15.4. The summed E-state index contributed by atoms with van der Waals surface area (Å²) in [6.07, 6.45) is 1.45. The van der Waals surface area contributed by atoms with Crippen LogP contribution in [0.15, 0.2) is 94.6 Å². The number of hydrogen-bond donors (Lipinski definition) is 3. The number of carbonyl (C=O) groups excluding carboxylic acids is 1. The van der Waals surface area contributed by atoms with Crippen LogP contribution in [0.3, 0.4) is 0 Å². The fourth-order valence-electron chi connectivity index (χ4n) is 5.22. The van der Waals surface area contributed by atoms with E-state index in [9.17, 15) is 19.5 Å². The zero-order chi connectivity index (χ0) is 31.2. The predicted octanol–water partition coefficient (Wildman–Crippen LogP) is 5.29. The summed E-state index contributed by atoms with van der Waals surface area (Å²) < 4.78 is 24.2. The Labute approximate surface area is 250 Å². The van der Waals surface area contributed by atoms with E-state index in [2.05, 4.69) is 15.3 Å². The third-order valence-corrected chi connectivity index (χ3v) is 7.16. The van der Waals surface area contributed by atoms with Gasteiger partial charge in [-0.3, -0.25) is 19.1 Å². The number of nitrogens with zero attached hydrogens (tertiary/aromatic N) is 3. The summed E-state index contributed by atoms with van der Waals surface area (Å²) in [6, 6.07) is 21.2. The number of fused-ring (bicyclic) bond motifs is 3. The Kier molecular flexibility index (Phi) is 7.10. The lowest BCUT2D eigenvalue weighted by molar-refractivity contribution is 0.0546. The zero-order valence-corrected chi connectivity index (χ0v) is 24.1. The quantitative estimate of drug-likeness (QED) is 0.216. The van der Waals surface area contributed by atoms with Crippen LogP contribution in [-0.4, -0.2) is 35.9 Å². The summed E-state index contributed by atoms with van der Waals surface area (Å²) in [7, 11) is 0. The molecule has 3 N–H and O–H groups in total. The fourth-order valence-corrected chi connectivity index (χ4v) is 5.22. The number of nitrogens with one attached hydrogen (secondary N) is 2. The molecule has 11 heteroatoms. The highest BCUT2D eigenvalue weighted by molar-refractivity contribution is 6.07. The summed E-state index contributed by atoms with van der Waals surface area (Å²) in [4.78, 5) is 46.4. The second kappa shape index (κ2) is 10.9. The van der Waals surface area contributed by atoms with Crippen molar-refractivity contribution >= 4 is 33.4 Å². The first kappa shape index (κ1) is 28.6. The van der Waals surface area contributed by atoms with Crippen LogP contribution >= 0.6 is 0 Å². The zero-order valence-electron chi connectivity index (χ0n) is 24.1. The van der Waals surface area contributed by atoms with Gasteiger partial charge in [-0.15, -0.1) is 0 Å².